The number of carbonyl (C=O) groups is 1. The van der Waals surface area contributed by atoms with E-state index in [0.29, 0.717) is 16.8 Å². The predicted octanol–water partition coefficient (Wildman–Crippen LogP) is 2.81. The first kappa shape index (κ1) is 15.7. The van der Waals surface area contributed by atoms with Crippen LogP contribution in [0.2, 0.25) is 0 Å². The van der Waals surface area contributed by atoms with Crippen molar-refractivity contribution in [1.82, 2.24) is 15.0 Å². The van der Waals surface area contributed by atoms with Gasteiger partial charge in [0.2, 0.25) is 0 Å². The molecule has 0 radical (unpaired) electrons. The molecule has 1 fully saturated rings. The van der Waals surface area contributed by atoms with Gasteiger partial charge in [0, 0.05) is 31.0 Å². The molecule has 0 spiro atoms. The van der Waals surface area contributed by atoms with Crippen LogP contribution in [0.25, 0.3) is 11.3 Å². The molecule has 6 heteroatoms. The number of hydrogen-bond donors (Lipinski definition) is 1. The second-order valence-corrected chi connectivity index (χ2v) is 5.89. The molecule has 1 amide bonds. The molecule has 3 heterocycles. The first-order chi connectivity index (χ1) is 11.2. The molecule has 0 aliphatic carbocycles. The Morgan fingerprint density at radius 3 is 2.65 bits per heavy atom. The fourth-order valence-electron chi connectivity index (χ4n) is 2.93. The highest BCUT2D eigenvalue weighted by atomic mass is 16.5. The van der Waals surface area contributed by atoms with Crippen molar-refractivity contribution in [2.45, 2.75) is 38.7 Å². The summed E-state index contributed by atoms with van der Waals surface area (Å²) >= 11 is 0. The number of rotatable bonds is 3. The third-order valence-electron chi connectivity index (χ3n) is 4.14. The maximum atomic E-state index is 13.0. The number of pyridine rings is 1. The van der Waals surface area contributed by atoms with Gasteiger partial charge in [0.1, 0.15) is 17.4 Å². The van der Waals surface area contributed by atoms with E-state index in [1.807, 2.05) is 11.0 Å². The van der Waals surface area contributed by atoms with E-state index in [1.165, 1.54) is 0 Å². The summed E-state index contributed by atoms with van der Waals surface area (Å²) in [7, 11) is 0. The van der Waals surface area contributed by atoms with Crippen molar-refractivity contribution in [1.29, 1.82) is 0 Å². The Labute approximate surface area is 135 Å². The third kappa shape index (κ3) is 3.27. The number of likely N-dealkylation sites (tertiary alicyclic amines) is 1. The fourth-order valence-corrected chi connectivity index (χ4v) is 2.93. The molecular formula is C17H21N3O3. The number of amides is 1. The number of hydrogen-bond acceptors (Lipinski definition) is 5. The Morgan fingerprint density at radius 1 is 1.30 bits per heavy atom. The third-order valence-corrected chi connectivity index (χ3v) is 4.14. The summed E-state index contributed by atoms with van der Waals surface area (Å²) in [5, 5.41) is 14.0. The van der Waals surface area contributed by atoms with Crippen LogP contribution < -0.4 is 0 Å². The van der Waals surface area contributed by atoms with Crippen LogP contribution in [-0.4, -0.2) is 39.1 Å². The first-order valence-electron chi connectivity index (χ1n) is 8.06. The second-order valence-electron chi connectivity index (χ2n) is 5.89. The molecular weight excluding hydrogens is 294 g/mol. The average molecular weight is 315 g/mol. The molecule has 6 nitrogen and oxygen atoms in total. The zero-order valence-electron chi connectivity index (χ0n) is 13.2. The summed E-state index contributed by atoms with van der Waals surface area (Å²) in [6.45, 7) is 3.04. The molecule has 1 aliphatic heterocycles. The highest BCUT2D eigenvalue weighted by molar-refractivity contribution is 6.00. The standard InChI is InChI=1S/C17H21N3O3/c1-12(21)16-14(17(22)20-9-4-2-3-5-10-20)15(19-23-16)13-7-6-8-18-11-13/h6-8,11-12,21H,2-5,9-10H2,1H3. The van der Waals surface area contributed by atoms with Gasteiger partial charge in [-0.1, -0.05) is 18.0 Å². The van der Waals surface area contributed by atoms with Crippen LogP contribution in [0, 0.1) is 0 Å². The smallest absolute Gasteiger partial charge is 0.259 e. The molecule has 1 atom stereocenters. The fraction of sp³-hybridized carbons (Fsp3) is 0.471. The molecule has 0 saturated carbocycles. The maximum absolute atomic E-state index is 13.0. The van der Waals surface area contributed by atoms with Crippen molar-refractivity contribution in [3.63, 3.8) is 0 Å². The first-order valence-corrected chi connectivity index (χ1v) is 8.06. The Balaban J connectivity index is 2.01. The molecule has 0 bridgehead atoms. The lowest BCUT2D eigenvalue weighted by molar-refractivity contribution is 0.0750. The van der Waals surface area contributed by atoms with Crippen molar-refractivity contribution in [2.24, 2.45) is 0 Å². The maximum Gasteiger partial charge on any atom is 0.259 e. The molecule has 2 aromatic heterocycles. The van der Waals surface area contributed by atoms with Gasteiger partial charge in [0.25, 0.3) is 5.91 Å². The second kappa shape index (κ2) is 6.91. The van der Waals surface area contributed by atoms with Crippen LogP contribution in [-0.2, 0) is 0 Å². The van der Waals surface area contributed by atoms with Crippen molar-refractivity contribution >= 4 is 5.91 Å². The average Bonchev–Trinajstić information content (AvgIpc) is 2.83. The summed E-state index contributed by atoms with van der Waals surface area (Å²) < 4.78 is 5.28. The lowest BCUT2D eigenvalue weighted by Crippen LogP contribution is -2.32. The van der Waals surface area contributed by atoms with Gasteiger partial charge in [-0.3, -0.25) is 9.78 Å². The Bertz CT molecular complexity index is 659. The zero-order chi connectivity index (χ0) is 16.2. The quantitative estimate of drug-likeness (QED) is 0.942. The monoisotopic (exact) mass is 315 g/mol. The van der Waals surface area contributed by atoms with E-state index < -0.39 is 6.10 Å². The van der Waals surface area contributed by atoms with Gasteiger partial charge in [-0.15, -0.1) is 0 Å². The summed E-state index contributed by atoms with van der Waals surface area (Å²) in [5.41, 5.74) is 1.51. The molecule has 23 heavy (non-hydrogen) atoms. The summed E-state index contributed by atoms with van der Waals surface area (Å²) in [6, 6.07) is 3.61. The van der Waals surface area contributed by atoms with Crippen molar-refractivity contribution < 1.29 is 14.4 Å². The Hall–Kier alpha value is -2.21. The van der Waals surface area contributed by atoms with E-state index in [9.17, 15) is 9.90 Å². The van der Waals surface area contributed by atoms with Crippen LogP contribution in [0.15, 0.2) is 29.0 Å². The molecule has 1 saturated heterocycles. The van der Waals surface area contributed by atoms with Crippen LogP contribution in [0.1, 0.15) is 54.8 Å². The van der Waals surface area contributed by atoms with E-state index in [4.69, 9.17) is 4.52 Å². The van der Waals surface area contributed by atoms with Crippen molar-refractivity contribution in [3.8, 4) is 11.3 Å². The lowest BCUT2D eigenvalue weighted by atomic mass is 10.0. The molecule has 0 aromatic carbocycles. The molecule has 2 aromatic rings. The van der Waals surface area contributed by atoms with Gasteiger partial charge in [-0.2, -0.15) is 0 Å². The topological polar surface area (TPSA) is 79.5 Å². The summed E-state index contributed by atoms with van der Waals surface area (Å²) in [6.07, 6.45) is 6.71. The molecule has 1 unspecified atom stereocenters. The molecule has 1 N–H and O–H groups in total. The van der Waals surface area contributed by atoms with E-state index in [2.05, 4.69) is 10.1 Å². The number of carbonyl (C=O) groups excluding carboxylic acids is 1. The Morgan fingerprint density at radius 2 is 2.04 bits per heavy atom. The van der Waals surface area contributed by atoms with E-state index in [0.717, 1.165) is 38.8 Å². The number of aliphatic hydroxyl groups excluding tert-OH is 1. The van der Waals surface area contributed by atoms with Gasteiger partial charge in [-0.25, -0.2) is 0 Å². The molecule has 122 valence electrons. The Kier molecular flexibility index (Phi) is 4.71. The lowest BCUT2D eigenvalue weighted by Gasteiger charge is -2.20. The van der Waals surface area contributed by atoms with E-state index >= 15 is 0 Å². The van der Waals surface area contributed by atoms with Crippen molar-refractivity contribution in [3.05, 3.63) is 35.9 Å². The normalized spacial score (nSPS) is 16.9. The van der Waals surface area contributed by atoms with Gasteiger partial charge >= 0.3 is 0 Å². The molecule has 1 aliphatic rings. The van der Waals surface area contributed by atoms with Crippen LogP contribution >= 0.6 is 0 Å². The van der Waals surface area contributed by atoms with Gasteiger partial charge in [0.15, 0.2) is 5.76 Å². The number of aliphatic hydroxyl groups is 1. The van der Waals surface area contributed by atoms with Crippen LogP contribution in [0.3, 0.4) is 0 Å². The van der Waals surface area contributed by atoms with Gasteiger partial charge in [0.05, 0.1) is 0 Å². The summed E-state index contributed by atoms with van der Waals surface area (Å²) in [4.78, 5) is 18.9. The van der Waals surface area contributed by atoms with Crippen LogP contribution in [0.5, 0.6) is 0 Å². The van der Waals surface area contributed by atoms with E-state index in [-0.39, 0.29) is 11.7 Å². The minimum atomic E-state index is -0.890. The number of nitrogens with zero attached hydrogens (tertiary/aromatic N) is 3. The van der Waals surface area contributed by atoms with Crippen molar-refractivity contribution in [2.75, 3.05) is 13.1 Å². The largest absolute Gasteiger partial charge is 0.385 e. The zero-order valence-corrected chi connectivity index (χ0v) is 13.2. The highest BCUT2D eigenvalue weighted by Crippen LogP contribution is 2.30. The molecule has 3 rings (SSSR count). The van der Waals surface area contributed by atoms with Gasteiger partial charge < -0.3 is 14.5 Å². The summed E-state index contributed by atoms with van der Waals surface area (Å²) in [5.74, 6) is 0.0982. The highest BCUT2D eigenvalue weighted by Gasteiger charge is 2.30. The van der Waals surface area contributed by atoms with E-state index in [1.54, 1.807) is 25.4 Å². The SMILES string of the molecule is CC(O)c1onc(-c2cccnc2)c1C(=O)N1CCCCCC1. The predicted molar refractivity (Wildman–Crippen MR) is 84.7 cm³/mol. The minimum absolute atomic E-state index is 0.122. The number of aromatic nitrogens is 2. The van der Waals surface area contributed by atoms with Gasteiger partial charge in [-0.05, 0) is 31.9 Å². The van der Waals surface area contributed by atoms with Crippen LogP contribution in [0.4, 0.5) is 0 Å². The minimum Gasteiger partial charge on any atom is -0.385 e.